The molecule has 0 saturated carbocycles. The molecule has 0 aliphatic rings. The molecule has 0 atom stereocenters. The molecular formula is C15H13FO3S. The number of benzene rings is 2. The molecule has 2 rings (SSSR count). The third kappa shape index (κ3) is 3.51. The number of carbonyl (C=O) groups excluding carboxylic acids is 1. The molecule has 0 bridgehead atoms. The number of carbonyl (C=O) groups is 1. The standard InChI is InChI=1S/C15H13FO3S/c16-15-9-5-4-6-12(15)10-13(17)11-20(18,19)14-7-2-1-3-8-14/h1-9H,10-11H2. The van der Waals surface area contributed by atoms with E-state index in [1.165, 1.54) is 30.3 Å². The zero-order valence-corrected chi connectivity index (χ0v) is 11.4. The van der Waals surface area contributed by atoms with E-state index in [2.05, 4.69) is 0 Å². The predicted octanol–water partition coefficient (Wildman–Crippen LogP) is 2.41. The van der Waals surface area contributed by atoms with E-state index in [1.54, 1.807) is 24.3 Å². The third-order valence-corrected chi connectivity index (χ3v) is 4.49. The first-order chi connectivity index (χ1) is 9.49. The molecule has 0 radical (unpaired) electrons. The molecule has 2 aromatic rings. The summed E-state index contributed by atoms with van der Waals surface area (Å²) in [6.07, 6.45) is -0.223. The second-order valence-electron chi connectivity index (χ2n) is 4.38. The van der Waals surface area contributed by atoms with Crippen molar-refractivity contribution in [3.63, 3.8) is 0 Å². The third-order valence-electron chi connectivity index (χ3n) is 2.80. The van der Waals surface area contributed by atoms with Crippen molar-refractivity contribution in [2.45, 2.75) is 11.3 Å². The molecule has 0 fully saturated rings. The number of ketones is 1. The Bertz CT molecular complexity index is 709. The molecular weight excluding hydrogens is 279 g/mol. The minimum atomic E-state index is -3.66. The lowest BCUT2D eigenvalue weighted by molar-refractivity contribution is -0.116. The smallest absolute Gasteiger partial charge is 0.185 e. The Morgan fingerprint density at radius 2 is 1.55 bits per heavy atom. The summed E-state index contributed by atoms with van der Waals surface area (Å²) in [6, 6.07) is 13.6. The highest BCUT2D eigenvalue weighted by Gasteiger charge is 2.19. The van der Waals surface area contributed by atoms with Gasteiger partial charge in [-0.3, -0.25) is 4.79 Å². The summed E-state index contributed by atoms with van der Waals surface area (Å²) in [5, 5.41) is 0. The maximum Gasteiger partial charge on any atom is 0.185 e. The van der Waals surface area contributed by atoms with Crippen LogP contribution in [-0.2, 0) is 21.1 Å². The van der Waals surface area contributed by atoms with Crippen LogP contribution >= 0.6 is 0 Å². The molecule has 0 unspecified atom stereocenters. The van der Waals surface area contributed by atoms with Crippen LogP contribution in [0.2, 0.25) is 0 Å². The quantitative estimate of drug-likeness (QED) is 0.850. The Hall–Kier alpha value is -2.01. The molecule has 5 heteroatoms. The van der Waals surface area contributed by atoms with E-state index in [4.69, 9.17) is 0 Å². The average molecular weight is 292 g/mol. The van der Waals surface area contributed by atoms with E-state index in [-0.39, 0.29) is 16.9 Å². The molecule has 2 aromatic carbocycles. The summed E-state index contributed by atoms with van der Waals surface area (Å²) in [5.74, 6) is -1.65. The number of rotatable bonds is 5. The zero-order chi connectivity index (χ0) is 14.6. The van der Waals surface area contributed by atoms with Crippen LogP contribution in [0.25, 0.3) is 0 Å². The van der Waals surface area contributed by atoms with Gasteiger partial charge in [-0.2, -0.15) is 0 Å². The van der Waals surface area contributed by atoms with Crippen molar-refractivity contribution in [2.75, 3.05) is 5.75 Å². The van der Waals surface area contributed by atoms with Crippen molar-refractivity contribution < 1.29 is 17.6 Å². The first-order valence-corrected chi connectivity index (χ1v) is 7.67. The van der Waals surface area contributed by atoms with Gasteiger partial charge in [0.15, 0.2) is 15.6 Å². The van der Waals surface area contributed by atoms with E-state index < -0.39 is 27.2 Å². The Balaban J connectivity index is 2.11. The topological polar surface area (TPSA) is 51.2 Å². The van der Waals surface area contributed by atoms with E-state index >= 15 is 0 Å². The minimum absolute atomic E-state index is 0.0990. The predicted molar refractivity (Wildman–Crippen MR) is 73.6 cm³/mol. The van der Waals surface area contributed by atoms with Crippen molar-refractivity contribution in [3.05, 3.63) is 66.0 Å². The second-order valence-corrected chi connectivity index (χ2v) is 6.37. The van der Waals surface area contributed by atoms with E-state index in [0.29, 0.717) is 0 Å². The van der Waals surface area contributed by atoms with Crippen LogP contribution < -0.4 is 0 Å². The van der Waals surface area contributed by atoms with Crippen LogP contribution in [0, 0.1) is 5.82 Å². The van der Waals surface area contributed by atoms with Crippen LogP contribution in [0.15, 0.2) is 59.5 Å². The normalized spacial score (nSPS) is 11.2. The maximum absolute atomic E-state index is 13.4. The van der Waals surface area contributed by atoms with Gasteiger partial charge in [-0.15, -0.1) is 0 Å². The molecule has 3 nitrogen and oxygen atoms in total. The van der Waals surface area contributed by atoms with Gasteiger partial charge in [0, 0.05) is 6.42 Å². The summed E-state index contributed by atoms with van der Waals surface area (Å²) < 4.78 is 37.4. The van der Waals surface area contributed by atoms with Gasteiger partial charge in [0.05, 0.1) is 4.90 Å². The van der Waals surface area contributed by atoms with Gasteiger partial charge >= 0.3 is 0 Å². The molecule has 0 aliphatic carbocycles. The van der Waals surface area contributed by atoms with Crippen LogP contribution in [0.5, 0.6) is 0 Å². The zero-order valence-electron chi connectivity index (χ0n) is 10.6. The van der Waals surface area contributed by atoms with Gasteiger partial charge < -0.3 is 0 Å². The van der Waals surface area contributed by atoms with E-state index in [0.717, 1.165) is 0 Å². The van der Waals surface area contributed by atoms with Gasteiger partial charge in [0.1, 0.15) is 11.6 Å². The Labute approximate surface area is 117 Å². The van der Waals surface area contributed by atoms with Crippen molar-refractivity contribution in [1.82, 2.24) is 0 Å². The van der Waals surface area contributed by atoms with Gasteiger partial charge in [0.25, 0.3) is 0 Å². The van der Waals surface area contributed by atoms with Gasteiger partial charge in [-0.1, -0.05) is 36.4 Å². The molecule has 0 spiro atoms. The first kappa shape index (κ1) is 14.4. The number of hydrogen-bond donors (Lipinski definition) is 0. The second kappa shape index (κ2) is 5.96. The minimum Gasteiger partial charge on any atom is -0.298 e. The van der Waals surface area contributed by atoms with E-state index in [9.17, 15) is 17.6 Å². The van der Waals surface area contributed by atoms with Crippen molar-refractivity contribution in [3.8, 4) is 0 Å². The fourth-order valence-electron chi connectivity index (χ4n) is 1.83. The number of sulfone groups is 1. The SMILES string of the molecule is O=C(Cc1ccccc1F)CS(=O)(=O)c1ccccc1. The number of hydrogen-bond acceptors (Lipinski definition) is 3. The Morgan fingerprint density at radius 3 is 2.20 bits per heavy atom. The highest BCUT2D eigenvalue weighted by molar-refractivity contribution is 7.92. The highest BCUT2D eigenvalue weighted by Crippen LogP contribution is 2.12. The fourth-order valence-corrected chi connectivity index (χ4v) is 3.09. The van der Waals surface area contributed by atoms with Crippen LogP contribution in [0.1, 0.15) is 5.56 Å². The fraction of sp³-hybridized carbons (Fsp3) is 0.133. The number of halogens is 1. The lowest BCUT2D eigenvalue weighted by Gasteiger charge is -2.05. The summed E-state index contributed by atoms with van der Waals surface area (Å²) >= 11 is 0. The molecule has 0 saturated heterocycles. The van der Waals surface area contributed by atoms with Gasteiger partial charge in [0.2, 0.25) is 0 Å². The lowest BCUT2D eigenvalue weighted by Crippen LogP contribution is -2.18. The molecule has 0 aliphatic heterocycles. The molecule has 104 valence electrons. The Morgan fingerprint density at radius 1 is 0.950 bits per heavy atom. The molecule has 0 N–H and O–H groups in total. The highest BCUT2D eigenvalue weighted by atomic mass is 32.2. The number of Topliss-reactive ketones (excluding diaryl/α,β-unsaturated/α-hetero) is 1. The average Bonchev–Trinajstić information content (AvgIpc) is 2.42. The molecule has 20 heavy (non-hydrogen) atoms. The van der Waals surface area contributed by atoms with Gasteiger partial charge in [-0.25, -0.2) is 12.8 Å². The largest absolute Gasteiger partial charge is 0.298 e. The van der Waals surface area contributed by atoms with Crippen molar-refractivity contribution >= 4 is 15.6 Å². The lowest BCUT2D eigenvalue weighted by atomic mass is 10.1. The molecule has 0 amide bonds. The summed E-state index contributed by atoms with van der Waals surface area (Å²) in [5.41, 5.74) is 0.209. The van der Waals surface area contributed by atoms with Crippen LogP contribution in [0.3, 0.4) is 0 Å². The van der Waals surface area contributed by atoms with Gasteiger partial charge in [-0.05, 0) is 23.8 Å². The van der Waals surface area contributed by atoms with Crippen LogP contribution in [0.4, 0.5) is 4.39 Å². The maximum atomic E-state index is 13.4. The van der Waals surface area contributed by atoms with Crippen molar-refractivity contribution in [2.24, 2.45) is 0 Å². The van der Waals surface area contributed by atoms with E-state index in [1.807, 2.05) is 0 Å². The summed E-state index contributed by atoms with van der Waals surface area (Å²) in [7, 11) is -3.66. The Kier molecular flexibility index (Phi) is 4.29. The summed E-state index contributed by atoms with van der Waals surface area (Å²) in [4.78, 5) is 11.9. The summed E-state index contributed by atoms with van der Waals surface area (Å²) in [6.45, 7) is 0. The van der Waals surface area contributed by atoms with Crippen LogP contribution in [-0.4, -0.2) is 20.0 Å². The first-order valence-electron chi connectivity index (χ1n) is 6.02. The monoisotopic (exact) mass is 292 g/mol. The molecule has 0 heterocycles. The van der Waals surface area contributed by atoms with Crippen molar-refractivity contribution in [1.29, 1.82) is 0 Å². The molecule has 0 aromatic heterocycles.